The Morgan fingerprint density at radius 2 is 1.71 bits per heavy atom. The second kappa shape index (κ2) is 10.5. The standard InChI is InChI=1S/C23H29NO4/c1-5-27-23(26)13-14-24(15-20-11-9-17(2)10-12-20)22(25)16-28-21-8-6-7-18(3)19(21)4/h6-12H,5,13-16H2,1-4H3. The van der Waals surface area contributed by atoms with Gasteiger partial charge in [0.15, 0.2) is 6.61 Å². The predicted octanol–water partition coefficient (Wildman–Crippen LogP) is 3.97. The molecule has 0 heterocycles. The Morgan fingerprint density at radius 3 is 2.39 bits per heavy atom. The molecule has 28 heavy (non-hydrogen) atoms. The summed E-state index contributed by atoms with van der Waals surface area (Å²) in [5, 5.41) is 0. The molecule has 2 rings (SSSR count). The number of nitrogens with zero attached hydrogens (tertiary/aromatic N) is 1. The molecule has 150 valence electrons. The third kappa shape index (κ3) is 6.41. The van der Waals surface area contributed by atoms with E-state index in [1.165, 1.54) is 0 Å². The summed E-state index contributed by atoms with van der Waals surface area (Å²) in [5.41, 5.74) is 4.30. The Labute approximate surface area is 167 Å². The summed E-state index contributed by atoms with van der Waals surface area (Å²) in [7, 11) is 0. The SMILES string of the molecule is CCOC(=O)CCN(Cc1ccc(C)cc1)C(=O)COc1cccc(C)c1C. The first-order chi connectivity index (χ1) is 13.4. The highest BCUT2D eigenvalue weighted by molar-refractivity contribution is 5.78. The first-order valence-corrected chi connectivity index (χ1v) is 9.58. The molecular weight excluding hydrogens is 354 g/mol. The van der Waals surface area contributed by atoms with Crippen molar-refractivity contribution in [2.45, 2.75) is 40.7 Å². The first-order valence-electron chi connectivity index (χ1n) is 9.58. The molecule has 0 saturated heterocycles. The van der Waals surface area contributed by atoms with E-state index in [2.05, 4.69) is 0 Å². The Balaban J connectivity index is 2.05. The van der Waals surface area contributed by atoms with Crippen LogP contribution in [-0.2, 0) is 20.9 Å². The lowest BCUT2D eigenvalue weighted by Crippen LogP contribution is -2.36. The first kappa shape index (κ1) is 21.5. The topological polar surface area (TPSA) is 55.8 Å². The van der Waals surface area contributed by atoms with Gasteiger partial charge in [-0.1, -0.05) is 42.0 Å². The number of hydrogen-bond acceptors (Lipinski definition) is 4. The second-order valence-corrected chi connectivity index (χ2v) is 6.84. The molecule has 0 fully saturated rings. The summed E-state index contributed by atoms with van der Waals surface area (Å²) in [6.07, 6.45) is 0.162. The summed E-state index contributed by atoms with van der Waals surface area (Å²) >= 11 is 0. The maximum atomic E-state index is 12.8. The van der Waals surface area contributed by atoms with E-state index < -0.39 is 0 Å². The lowest BCUT2D eigenvalue weighted by Gasteiger charge is -2.23. The minimum Gasteiger partial charge on any atom is -0.483 e. The fourth-order valence-electron chi connectivity index (χ4n) is 2.78. The van der Waals surface area contributed by atoms with Gasteiger partial charge in [0.1, 0.15) is 5.75 Å². The number of rotatable bonds is 9. The molecule has 2 aromatic rings. The molecule has 0 atom stereocenters. The van der Waals surface area contributed by atoms with Crippen molar-refractivity contribution in [3.8, 4) is 5.75 Å². The van der Waals surface area contributed by atoms with Gasteiger partial charge in [0.05, 0.1) is 13.0 Å². The molecule has 0 unspecified atom stereocenters. The minimum atomic E-state index is -0.306. The fraction of sp³-hybridized carbons (Fsp3) is 0.391. The molecule has 0 saturated carbocycles. The zero-order chi connectivity index (χ0) is 20.5. The van der Waals surface area contributed by atoms with E-state index in [-0.39, 0.29) is 24.9 Å². The minimum absolute atomic E-state index is 0.0705. The van der Waals surface area contributed by atoms with E-state index in [4.69, 9.17) is 9.47 Å². The third-order valence-electron chi connectivity index (χ3n) is 4.64. The van der Waals surface area contributed by atoms with Crippen molar-refractivity contribution in [2.24, 2.45) is 0 Å². The van der Waals surface area contributed by atoms with Crippen molar-refractivity contribution in [3.63, 3.8) is 0 Å². The Kier molecular flexibility index (Phi) is 8.05. The van der Waals surface area contributed by atoms with E-state index in [0.717, 1.165) is 22.3 Å². The van der Waals surface area contributed by atoms with Gasteiger partial charge in [0.2, 0.25) is 0 Å². The summed E-state index contributed by atoms with van der Waals surface area (Å²) in [4.78, 5) is 26.2. The van der Waals surface area contributed by atoms with Crippen LogP contribution in [0.5, 0.6) is 5.75 Å². The van der Waals surface area contributed by atoms with Crippen molar-refractivity contribution in [1.82, 2.24) is 4.90 Å². The molecule has 1 amide bonds. The quantitative estimate of drug-likeness (QED) is 0.615. The average Bonchev–Trinajstić information content (AvgIpc) is 2.67. The molecule has 0 radical (unpaired) electrons. The third-order valence-corrected chi connectivity index (χ3v) is 4.64. The number of hydrogen-bond donors (Lipinski definition) is 0. The van der Waals surface area contributed by atoms with Crippen LogP contribution >= 0.6 is 0 Å². The molecule has 0 aromatic heterocycles. The van der Waals surface area contributed by atoms with Crippen molar-refractivity contribution in [2.75, 3.05) is 19.8 Å². The van der Waals surface area contributed by atoms with Gasteiger partial charge in [0.25, 0.3) is 5.91 Å². The van der Waals surface area contributed by atoms with Gasteiger partial charge in [0, 0.05) is 13.1 Å². The molecule has 2 aromatic carbocycles. The molecule has 0 aliphatic carbocycles. The highest BCUT2D eigenvalue weighted by Crippen LogP contribution is 2.20. The Bertz CT molecular complexity index is 799. The van der Waals surface area contributed by atoms with Crippen LogP contribution < -0.4 is 4.74 Å². The van der Waals surface area contributed by atoms with Gasteiger partial charge in [-0.3, -0.25) is 9.59 Å². The number of benzene rings is 2. The Morgan fingerprint density at radius 1 is 1.00 bits per heavy atom. The normalized spacial score (nSPS) is 10.4. The van der Waals surface area contributed by atoms with Gasteiger partial charge in [-0.2, -0.15) is 0 Å². The number of aryl methyl sites for hydroxylation is 2. The molecule has 0 aliphatic heterocycles. The lowest BCUT2D eigenvalue weighted by atomic mass is 10.1. The summed E-state index contributed by atoms with van der Waals surface area (Å²) in [6, 6.07) is 13.8. The highest BCUT2D eigenvalue weighted by atomic mass is 16.5. The van der Waals surface area contributed by atoms with Crippen molar-refractivity contribution < 1.29 is 19.1 Å². The van der Waals surface area contributed by atoms with E-state index in [1.54, 1.807) is 11.8 Å². The average molecular weight is 383 g/mol. The van der Waals surface area contributed by atoms with Crippen molar-refractivity contribution in [3.05, 3.63) is 64.7 Å². The zero-order valence-corrected chi connectivity index (χ0v) is 17.2. The van der Waals surface area contributed by atoms with E-state index in [0.29, 0.717) is 25.4 Å². The summed E-state index contributed by atoms with van der Waals surface area (Å²) in [5.74, 6) is 0.236. The second-order valence-electron chi connectivity index (χ2n) is 6.84. The molecule has 0 bridgehead atoms. The smallest absolute Gasteiger partial charge is 0.307 e. The van der Waals surface area contributed by atoms with Crippen molar-refractivity contribution in [1.29, 1.82) is 0 Å². The predicted molar refractivity (Wildman–Crippen MR) is 109 cm³/mol. The molecule has 5 nitrogen and oxygen atoms in total. The molecule has 0 N–H and O–H groups in total. The summed E-state index contributed by atoms with van der Waals surface area (Å²) < 4.78 is 10.8. The van der Waals surface area contributed by atoms with E-state index in [1.807, 2.05) is 63.2 Å². The van der Waals surface area contributed by atoms with Gasteiger partial charge in [-0.05, 0) is 50.5 Å². The lowest BCUT2D eigenvalue weighted by molar-refractivity contribution is -0.144. The van der Waals surface area contributed by atoms with Gasteiger partial charge in [-0.15, -0.1) is 0 Å². The number of amides is 1. The maximum absolute atomic E-state index is 12.8. The van der Waals surface area contributed by atoms with Crippen LogP contribution in [0.4, 0.5) is 0 Å². The molecule has 5 heteroatoms. The van der Waals surface area contributed by atoms with Crippen LogP contribution in [0, 0.1) is 20.8 Å². The fourth-order valence-corrected chi connectivity index (χ4v) is 2.78. The number of carbonyl (C=O) groups excluding carboxylic acids is 2. The number of ether oxygens (including phenoxy) is 2. The van der Waals surface area contributed by atoms with Crippen LogP contribution in [0.25, 0.3) is 0 Å². The van der Waals surface area contributed by atoms with E-state index >= 15 is 0 Å². The van der Waals surface area contributed by atoms with Crippen LogP contribution in [-0.4, -0.2) is 36.5 Å². The van der Waals surface area contributed by atoms with Crippen LogP contribution in [0.3, 0.4) is 0 Å². The van der Waals surface area contributed by atoms with Crippen LogP contribution in [0.1, 0.15) is 35.6 Å². The van der Waals surface area contributed by atoms with E-state index in [9.17, 15) is 9.59 Å². The maximum Gasteiger partial charge on any atom is 0.307 e. The zero-order valence-electron chi connectivity index (χ0n) is 17.2. The monoisotopic (exact) mass is 383 g/mol. The van der Waals surface area contributed by atoms with Crippen molar-refractivity contribution >= 4 is 11.9 Å². The van der Waals surface area contributed by atoms with Gasteiger partial charge < -0.3 is 14.4 Å². The summed E-state index contributed by atoms with van der Waals surface area (Å²) in [6.45, 7) is 8.75. The van der Waals surface area contributed by atoms with Crippen LogP contribution in [0.15, 0.2) is 42.5 Å². The Hall–Kier alpha value is -2.82. The number of esters is 1. The van der Waals surface area contributed by atoms with Crippen LogP contribution in [0.2, 0.25) is 0 Å². The number of carbonyl (C=O) groups is 2. The molecular formula is C23H29NO4. The highest BCUT2D eigenvalue weighted by Gasteiger charge is 2.17. The largest absolute Gasteiger partial charge is 0.483 e. The van der Waals surface area contributed by atoms with Gasteiger partial charge in [-0.25, -0.2) is 0 Å². The molecule has 0 aliphatic rings. The van der Waals surface area contributed by atoms with Gasteiger partial charge >= 0.3 is 5.97 Å². The molecule has 0 spiro atoms.